The summed E-state index contributed by atoms with van der Waals surface area (Å²) >= 11 is 14.5. The molecule has 0 spiro atoms. The van der Waals surface area contributed by atoms with Crippen molar-refractivity contribution in [2.45, 2.75) is 6.42 Å². The molecular weight excluding hydrogens is 352 g/mol. The van der Waals surface area contributed by atoms with Crippen LogP contribution in [0, 0.1) is 0 Å². The fourth-order valence-electron chi connectivity index (χ4n) is 1.66. The van der Waals surface area contributed by atoms with Gasteiger partial charge in [-0.25, -0.2) is 0 Å². The fourth-order valence-corrected chi connectivity index (χ4v) is 2.52. The third-order valence-corrected chi connectivity index (χ3v) is 4.29. The van der Waals surface area contributed by atoms with E-state index in [4.69, 9.17) is 23.8 Å². The number of amides is 1. The number of carbonyl (C=O) groups is 1. The van der Waals surface area contributed by atoms with Gasteiger partial charge >= 0.3 is 0 Å². The highest BCUT2D eigenvalue weighted by Gasteiger charge is 2.24. The molecule has 100 valence electrons. The number of aliphatic hydroxyl groups is 1. The number of carbonyl (C=O) groups excluding carboxylic acids is 1. The van der Waals surface area contributed by atoms with Gasteiger partial charge in [-0.3, -0.25) is 4.79 Å². The van der Waals surface area contributed by atoms with Crippen molar-refractivity contribution in [2.24, 2.45) is 0 Å². The lowest BCUT2D eigenvalue weighted by Crippen LogP contribution is -2.36. The molecule has 1 aliphatic heterocycles. The molecule has 0 radical (unpaired) electrons. The third kappa shape index (κ3) is 3.08. The van der Waals surface area contributed by atoms with Crippen molar-refractivity contribution in [1.82, 2.24) is 5.32 Å². The Bertz CT molecular complexity index is 589. The summed E-state index contributed by atoms with van der Waals surface area (Å²) < 4.78 is 0.648. The van der Waals surface area contributed by atoms with Gasteiger partial charge in [0.05, 0.1) is 15.2 Å². The number of anilines is 1. The number of thiocarbonyl (C=S) groups is 1. The van der Waals surface area contributed by atoms with Crippen LogP contribution in [-0.2, 0) is 4.79 Å². The van der Waals surface area contributed by atoms with Gasteiger partial charge in [-0.05, 0) is 28.1 Å². The standard InChI is InChI=1S/C12H10BrClN2O2S/c13-10-6(14)2-1-3-7(10)16-12(19)9-8(17)4-5-15-11(9)18/h1-3,17H,4-5H2,(H,15,18)(H,16,19). The summed E-state index contributed by atoms with van der Waals surface area (Å²) in [4.78, 5) is 11.9. The molecule has 4 nitrogen and oxygen atoms in total. The molecule has 0 unspecified atom stereocenters. The molecule has 0 saturated carbocycles. The maximum atomic E-state index is 11.7. The average molecular weight is 362 g/mol. The van der Waals surface area contributed by atoms with E-state index >= 15 is 0 Å². The van der Waals surface area contributed by atoms with Crippen molar-refractivity contribution in [3.8, 4) is 0 Å². The molecule has 0 fully saturated rings. The van der Waals surface area contributed by atoms with E-state index in [1.165, 1.54) is 0 Å². The predicted molar refractivity (Wildman–Crippen MR) is 82.7 cm³/mol. The molecule has 0 atom stereocenters. The number of hydrogen-bond acceptors (Lipinski definition) is 3. The summed E-state index contributed by atoms with van der Waals surface area (Å²) in [7, 11) is 0. The van der Waals surface area contributed by atoms with Crippen LogP contribution in [-0.4, -0.2) is 22.5 Å². The molecule has 3 N–H and O–H groups in total. The summed E-state index contributed by atoms with van der Waals surface area (Å²) in [5.41, 5.74) is 0.740. The van der Waals surface area contributed by atoms with E-state index in [-0.39, 0.29) is 22.2 Å². The molecule has 1 aromatic rings. The van der Waals surface area contributed by atoms with Gasteiger partial charge < -0.3 is 15.7 Å². The van der Waals surface area contributed by atoms with Crippen LogP contribution in [0.4, 0.5) is 5.69 Å². The van der Waals surface area contributed by atoms with Crippen LogP contribution in [0.15, 0.2) is 34.0 Å². The Hall–Kier alpha value is -1.11. The Labute approximate surface area is 129 Å². The first-order valence-corrected chi connectivity index (χ1v) is 7.04. The maximum absolute atomic E-state index is 11.7. The number of aliphatic hydroxyl groups excluding tert-OH is 1. The van der Waals surface area contributed by atoms with Gasteiger partial charge in [0.1, 0.15) is 16.3 Å². The van der Waals surface area contributed by atoms with Crippen molar-refractivity contribution < 1.29 is 9.90 Å². The largest absolute Gasteiger partial charge is 0.511 e. The van der Waals surface area contributed by atoms with E-state index in [1.54, 1.807) is 18.2 Å². The second kappa shape index (κ2) is 5.90. The van der Waals surface area contributed by atoms with E-state index < -0.39 is 0 Å². The Morgan fingerprint density at radius 2 is 2.26 bits per heavy atom. The van der Waals surface area contributed by atoms with Crippen LogP contribution in [0.1, 0.15) is 6.42 Å². The quantitative estimate of drug-likeness (QED) is 0.708. The van der Waals surface area contributed by atoms with Crippen LogP contribution in [0.5, 0.6) is 0 Å². The SMILES string of the molecule is O=C1NCCC(O)=C1C(=S)Nc1cccc(Cl)c1Br. The molecular formula is C12H10BrClN2O2S. The maximum Gasteiger partial charge on any atom is 0.257 e. The highest BCUT2D eigenvalue weighted by atomic mass is 79.9. The lowest BCUT2D eigenvalue weighted by atomic mass is 10.1. The van der Waals surface area contributed by atoms with Gasteiger partial charge in [0.15, 0.2) is 0 Å². The highest BCUT2D eigenvalue weighted by molar-refractivity contribution is 9.10. The molecule has 0 aliphatic carbocycles. The number of benzene rings is 1. The summed E-state index contributed by atoms with van der Waals surface area (Å²) in [6, 6.07) is 5.25. The molecule has 19 heavy (non-hydrogen) atoms. The van der Waals surface area contributed by atoms with Crippen molar-refractivity contribution in [3.05, 3.63) is 39.0 Å². The summed E-state index contributed by atoms with van der Waals surface area (Å²) in [6.07, 6.45) is 0.375. The van der Waals surface area contributed by atoms with Gasteiger partial charge in [-0.1, -0.05) is 29.9 Å². The summed E-state index contributed by atoms with van der Waals surface area (Å²) in [5.74, 6) is -0.376. The highest BCUT2D eigenvalue weighted by Crippen LogP contribution is 2.30. The molecule has 1 amide bonds. The summed E-state index contributed by atoms with van der Waals surface area (Å²) in [6.45, 7) is 0.414. The topological polar surface area (TPSA) is 61.4 Å². The zero-order valence-electron chi connectivity index (χ0n) is 9.67. The lowest BCUT2D eigenvalue weighted by Gasteiger charge is -2.18. The first-order valence-electron chi connectivity index (χ1n) is 5.46. The van der Waals surface area contributed by atoms with Crippen molar-refractivity contribution >= 4 is 56.3 Å². The Morgan fingerprint density at radius 3 is 2.95 bits per heavy atom. The van der Waals surface area contributed by atoms with Crippen LogP contribution in [0.2, 0.25) is 5.02 Å². The van der Waals surface area contributed by atoms with Crippen molar-refractivity contribution in [1.29, 1.82) is 0 Å². The minimum absolute atomic E-state index is 0.000555. The van der Waals surface area contributed by atoms with Crippen LogP contribution in [0.3, 0.4) is 0 Å². The second-order valence-electron chi connectivity index (χ2n) is 3.88. The first-order chi connectivity index (χ1) is 9.00. The van der Waals surface area contributed by atoms with E-state index in [1.807, 2.05) is 0 Å². The van der Waals surface area contributed by atoms with E-state index in [9.17, 15) is 9.90 Å². The number of hydrogen-bond donors (Lipinski definition) is 3. The third-order valence-electron chi connectivity index (χ3n) is 2.59. The van der Waals surface area contributed by atoms with Gasteiger partial charge in [-0.15, -0.1) is 0 Å². The van der Waals surface area contributed by atoms with E-state index in [2.05, 4.69) is 26.6 Å². The molecule has 0 saturated heterocycles. The first kappa shape index (κ1) is 14.3. The number of rotatable bonds is 2. The fraction of sp³-hybridized carbons (Fsp3) is 0.167. The van der Waals surface area contributed by atoms with Crippen molar-refractivity contribution in [2.75, 3.05) is 11.9 Å². The zero-order chi connectivity index (χ0) is 14.0. The van der Waals surface area contributed by atoms with Crippen LogP contribution < -0.4 is 10.6 Å². The molecule has 1 aliphatic rings. The monoisotopic (exact) mass is 360 g/mol. The molecule has 0 bridgehead atoms. The Kier molecular flexibility index (Phi) is 4.44. The smallest absolute Gasteiger partial charge is 0.257 e. The average Bonchev–Trinajstić information content (AvgIpc) is 2.35. The second-order valence-corrected chi connectivity index (χ2v) is 5.49. The summed E-state index contributed by atoms with van der Waals surface area (Å²) in [5, 5.41) is 15.8. The zero-order valence-corrected chi connectivity index (χ0v) is 12.8. The molecule has 7 heteroatoms. The molecule has 1 heterocycles. The van der Waals surface area contributed by atoms with E-state index in [0.29, 0.717) is 28.1 Å². The van der Waals surface area contributed by atoms with Crippen LogP contribution >= 0.6 is 39.7 Å². The minimum Gasteiger partial charge on any atom is -0.511 e. The van der Waals surface area contributed by atoms with E-state index in [0.717, 1.165) is 0 Å². The van der Waals surface area contributed by atoms with Gasteiger partial charge in [0, 0.05) is 13.0 Å². The van der Waals surface area contributed by atoms with Gasteiger partial charge in [-0.2, -0.15) is 0 Å². The van der Waals surface area contributed by atoms with Crippen LogP contribution in [0.25, 0.3) is 0 Å². The van der Waals surface area contributed by atoms with Gasteiger partial charge in [0.25, 0.3) is 5.91 Å². The molecule has 2 rings (SSSR count). The van der Waals surface area contributed by atoms with Gasteiger partial charge in [0.2, 0.25) is 0 Å². The Morgan fingerprint density at radius 1 is 1.53 bits per heavy atom. The number of nitrogens with one attached hydrogen (secondary N) is 2. The molecule has 0 aromatic heterocycles. The lowest BCUT2D eigenvalue weighted by molar-refractivity contribution is -0.117. The minimum atomic E-state index is -0.376. The Balaban J connectivity index is 2.26. The van der Waals surface area contributed by atoms with Crippen molar-refractivity contribution in [3.63, 3.8) is 0 Å². The normalized spacial score (nSPS) is 15.2. The number of halogens is 2. The predicted octanol–water partition coefficient (Wildman–Crippen LogP) is 3.17. The molecule has 1 aromatic carbocycles.